The molecule has 0 aliphatic carbocycles. The van der Waals surface area contributed by atoms with Gasteiger partial charge in [0.15, 0.2) is 0 Å². The first kappa shape index (κ1) is 13.8. The van der Waals surface area contributed by atoms with Crippen LogP contribution >= 0.6 is 11.8 Å². The Balaban J connectivity index is 2.25. The summed E-state index contributed by atoms with van der Waals surface area (Å²) in [6.07, 6.45) is 3.81. The van der Waals surface area contributed by atoms with Gasteiger partial charge in [0, 0.05) is 15.5 Å². The van der Waals surface area contributed by atoms with Gasteiger partial charge >= 0.3 is 0 Å². The molecule has 0 bridgehead atoms. The lowest BCUT2D eigenvalue weighted by atomic mass is 10.1. The van der Waals surface area contributed by atoms with E-state index in [4.69, 9.17) is 0 Å². The first-order valence-electron chi connectivity index (χ1n) is 6.87. The minimum atomic E-state index is 1.08. The molecule has 1 aliphatic rings. The average molecular weight is 291 g/mol. The normalized spacial score (nSPS) is 13.9. The Kier molecular flexibility index (Phi) is 3.72. The summed E-state index contributed by atoms with van der Waals surface area (Å²) in [6, 6.07) is 17.0. The van der Waals surface area contributed by atoms with Crippen LogP contribution in [0.1, 0.15) is 5.56 Å². The molecular weight excluding hydrogens is 274 g/mol. The summed E-state index contributed by atoms with van der Waals surface area (Å²) in [4.78, 5) is 4.62. The van der Waals surface area contributed by atoms with Crippen molar-refractivity contribution < 1.29 is 0 Å². The lowest BCUT2D eigenvalue weighted by Crippen LogP contribution is -2.19. The molecular formula is C19H17NS. The highest BCUT2D eigenvalue weighted by Crippen LogP contribution is 2.47. The van der Waals surface area contributed by atoms with Gasteiger partial charge in [0.2, 0.25) is 0 Å². The van der Waals surface area contributed by atoms with E-state index >= 15 is 0 Å². The van der Waals surface area contributed by atoms with Crippen molar-refractivity contribution in [2.75, 3.05) is 4.90 Å². The Hall–Kier alpha value is -2.19. The first-order chi connectivity index (χ1) is 10.2. The van der Waals surface area contributed by atoms with Crippen molar-refractivity contribution in [2.24, 2.45) is 0 Å². The number of nitrogens with zero attached hydrogens (tertiary/aromatic N) is 1. The SMILES string of the molecule is C=CC1=C(C=C)N(c2cccc(C)c2)c2ccccc2S1. The number of fused-ring (bicyclic) bond motifs is 1. The lowest BCUT2D eigenvalue weighted by Gasteiger charge is -2.33. The van der Waals surface area contributed by atoms with Crippen LogP contribution in [0.5, 0.6) is 0 Å². The van der Waals surface area contributed by atoms with Gasteiger partial charge in [-0.05, 0) is 42.8 Å². The maximum absolute atomic E-state index is 3.99. The summed E-state index contributed by atoms with van der Waals surface area (Å²) >= 11 is 1.74. The molecule has 3 rings (SSSR count). The molecule has 0 saturated heterocycles. The number of benzene rings is 2. The van der Waals surface area contributed by atoms with Gasteiger partial charge in [0.1, 0.15) is 0 Å². The number of allylic oxidation sites excluding steroid dienone is 2. The van der Waals surface area contributed by atoms with Crippen LogP contribution in [0.2, 0.25) is 0 Å². The van der Waals surface area contributed by atoms with E-state index in [1.165, 1.54) is 16.1 Å². The molecule has 0 N–H and O–H groups in total. The van der Waals surface area contributed by atoms with Crippen LogP contribution in [0.25, 0.3) is 0 Å². The monoisotopic (exact) mass is 291 g/mol. The summed E-state index contributed by atoms with van der Waals surface area (Å²) < 4.78 is 0. The lowest BCUT2D eigenvalue weighted by molar-refractivity contribution is 1.15. The minimum Gasteiger partial charge on any atom is -0.308 e. The largest absolute Gasteiger partial charge is 0.308 e. The molecule has 0 aromatic heterocycles. The third-order valence-corrected chi connectivity index (χ3v) is 4.62. The first-order valence-corrected chi connectivity index (χ1v) is 7.69. The Morgan fingerprint density at radius 2 is 1.81 bits per heavy atom. The van der Waals surface area contributed by atoms with Gasteiger partial charge in [-0.3, -0.25) is 0 Å². The van der Waals surface area contributed by atoms with Crippen molar-refractivity contribution >= 4 is 23.1 Å². The predicted octanol–water partition coefficient (Wildman–Crippen LogP) is 5.82. The van der Waals surface area contributed by atoms with E-state index in [2.05, 4.69) is 73.5 Å². The second kappa shape index (κ2) is 5.66. The van der Waals surface area contributed by atoms with E-state index in [0.717, 1.165) is 16.3 Å². The Morgan fingerprint density at radius 3 is 2.52 bits per heavy atom. The van der Waals surface area contributed by atoms with Gasteiger partial charge in [-0.15, -0.1) is 0 Å². The summed E-state index contributed by atoms with van der Waals surface area (Å²) in [5, 5.41) is 0. The highest BCUT2D eigenvalue weighted by atomic mass is 32.2. The van der Waals surface area contributed by atoms with E-state index in [1.807, 2.05) is 12.2 Å². The molecule has 104 valence electrons. The summed E-state index contributed by atoms with van der Waals surface area (Å²) in [6.45, 7) is 10.1. The van der Waals surface area contributed by atoms with Gasteiger partial charge in [-0.2, -0.15) is 0 Å². The van der Waals surface area contributed by atoms with E-state index in [9.17, 15) is 0 Å². The quantitative estimate of drug-likeness (QED) is 0.700. The van der Waals surface area contributed by atoms with Gasteiger partial charge in [0.25, 0.3) is 0 Å². The van der Waals surface area contributed by atoms with Crippen LogP contribution in [0, 0.1) is 6.92 Å². The third-order valence-electron chi connectivity index (χ3n) is 3.46. The van der Waals surface area contributed by atoms with Crippen molar-refractivity contribution in [3.05, 3.63) is 90.0 Å². The summed E-state index contributed by atoms with van der Waals surface area (Å²) in [5.41, 5.74) is 4.66. The summed E-state index contributed by atoms with van der Waals surface area (Å²) in [5.74, 6) is 0. The average Bonchev–Trinajstić information content (AvgIpc) is 2.52. The second-order valence-electron chi connectivity index (χ2n) is 4.90. The molecule has 0 radical (unpaired) electrons. The van der Waals surface area contributed by atoms with Crippen LogP contribution in [-0.2, 0) is 0 Å². The third kappa shape index (κ3) is 2.43. The number of thioether (sulfide) groups is 1. The molecule has 1 aliphatic heterocycles. The van der Waals surface area contributed by atoms with Crippen molar-refractivity contribution in [3.8, 4) is 0 Å². The molecule has 21 heavy (non-hydrogen) atoms. The molecule has 0 fully saturated rings. The van der Waals surface area contributed by atoms with Crippen molar-refractivity contribution in [3.63, 3.8) is 0 Å². The number of aryl methyl sites for hydroxylation is 1. The van der Waals surface area contributed by atoms with Gasteiger partial charge in [-0.1, -0.05) is 55.3 Å². The smallest absolute Gasteiger partial charge is 0.0601 e. The number of rotatable bonds is 3. The zero-order valence-electron chi connectivity index (χ0n) is 12.0. The van der Waals surface area contributed by atoms with Gasteiger partial charge in [-0.25, -0.2) is 0 Å². The fourth-order valence-electron chi connectivity index (χ4n) is 2.52. The second-order valence-corrected chi connectivity index (χ2v) is 5.99. The Labute approximate surface area is 130 Å². The standard InChI is InChI=1S/C19H17NS/c1-4-16-18(5-2)21-19-12-7-6-11-17(19)20(16)15-10-8-9-14(3)13-15/h4-13H,1-2H2,3H3. The van der Waals surface area contributed by atoms with E-state index in [-0.39, 0.29) is 0 Å². The molecule has 1 heterocycles. The predicted molar refractivity (Wildman–Crippen MR) is 93.0 cm³/mol. The Bertz CT molecular complexity index is 743. The zero-order valence-corrected chi connectivity index (χ0v) is 12.9. The highest BCUT2D eigenvalue weighted by Gasteiger charge is 2.24. The van der Waals surface area contributed by atoms with Gasteiger partial charge < -0.3 is 4.90 Å². The summed E-state index contributed by atoms with van der Waals surface area (Å²) in [7, 11) is 0. The zero-order chi connectivity index (χ0) is 14.8. The molecule has 2 aromatic carbocycles. The fourth-order valence-corrected chi connectivity index (χ4v) is 3.53. The maximum Gasteiger partial charge on any atom is 0.0601 e. The van der Waals surface area contributed by atoms with E-state index in [1.54, 1.807) is 11.8 Å². The van der Waals surface area contributed by atoms with Crippen LogP contribution in [-0.4, -0.2) is 0 Å². The van der Waals surface area contributed by atoms with Crippen molar-refractivity contribution in [1.82, 2.24) is 0 Å². The molecule has 0 saturated carbocycles. The van der Waals surface area contributed by atoms with Crippen molar-refractivity contribution in [1.29, 1.82) is 0 Å². The topological polar surface area (TPSA) is 3.24 Å². The van der Waals surface area contributed by atoms with Gasteiger partial charge in [0.05, 0.1) is 11.4 Å². The molecule has 1 nitrogen and oxygen atoms in total. The molecule has 0 atom stereocenters. The van der Waals surface area contributed by atoms with E-state index < -0.39 is 0 Å². The Morgan fingerprint density at radius 1 is 1.00 bits per heavy atom. The van der Waals surface area contributed by atoms with Crippen LogP contribution in [0.15, 0.2) is 89.3 Å². The highest BCUT2D eigenvalue weighted by molar-refractivity contribution is 8.03. The molecule has 2 heteroatoms. The number of para-hydroxylation sites is 1. The molecule has 0 amide bonds. The number of anilines is 2. The molecule has 2 aromatic rings. The van der Waals surface area contributed by atoms with Crippen molar-refractivity contribution in [2.45, 2.75) is 11.8 Å². The fraction of sp³-hybridized carbons (Fsp3) is 0.0526. The molecule has 0 spiro atoms. The van der Waals surface area contributed by atoms with Crippen LogP contribution < -0.4 is 4.90 Å². The van der Waals surface area contributed by atoms with Crippen LogP contribution in [0.3, 0.4) is 0 Å². The minimum absolute atomic E-state index is 1.08. The number of hydrogen-bond donors (Lipinski definition) is 0. The van der Waals surface area contributed by atoms with Crippen LogP contribution in [0.4, 0.5) is 11.4 Å². The maximum atomic E-state index is 3.99. The number of hydrogen-bond acceptors (Lipinski definition) is 2. The molecule has 0 unspecified atom stereocenters. The van der Waals surface area contributed by atoms with E-state index in [0.29, 0.717) is 0 Å².